The number of alkyl carbamates (subject to hydrolysis) is 2. The fourth-order valence-corrected chi connectivity index (χ4v) is 3.93. The molecule has 0 spiro atoms. The Morgan fingerprint density at radius 2 is 1.56 bits per heavy atom. The predicted molar refractivity (Wildman–Crippen MR) is 122 cm³/mol. The number of hydrogen-bond acceptors (Lipinski definition) is 6. The zero-order valence-corrected chi connectivity index (χ0v) is 19.5. The minimum Gasteiger partial charge on any atom is -0.443 e. The summed E-state index contributed by atoms with van der Waals surface area (Å²) >= 11 is 0. The minimum absolute atomic E-state index is 0.283. The van der Waals surface area contributed by atoms with Gasteiger partial charge in [-0.2, -0.15) is 0 Å². The van der Waals surface area contributed by atoms with Gasteiger partial charge in [-0.1, -0.05) is 57.9 Å². The molecule has 32 heavy (non-hydrogen) atoms. The number of nitrogens with one attached hydrogen (secondary N) is 2. The maximum atomic E-state index is 12.1. The van der Waals surface area contributed by atoms with Crippen molar-refractivity contribution in [2.24, 2.45) is 0 Å². The van der Waals surface area contributed by atoms with Crippen LogP contribution in [0.2, 0.25) is 0 Å². The highest BCUT2D eigenvalue weighted by molar-refractivity contribution is 5.68. The van der Waals surface area contributed by atoms with E-state index in [-0.39, 0.29) is 6.54 Å². The van der Waals surface area contributed by atoms with Crippen LogP contribution in [-0.4, -0.2) is 49.1 Å². The lowest BCUT2D eigenvalue weighted by Crippen LogP contribution is -2.40. The topological polar surface area (TPSA) is 98.8 Å². The first-order valence-corrected chi connectivity index (χ1v) is 12.0. The highest BCUT2D eigenvalue weighted by atomic mass is 16.6. The van der Waals surface area contributed by atoms with E-state index in [2.05, 4.69) is 22.5 Å². The molecule has 1 aliphatic carbocycles. The lowest BCUT2D eigenvalue weighted by Gasteiger charge is -2.23. The lowest BCUT2D eigenvalue weighted by molar-refractivity contribution is -0.0546. The van der Waals surface area contributed by atoms with E-state index < -0.39 is 30.5 Å². The molecular weight excluding hydrogens is 410 g/mol. The summed E-state index contributed by atoms with van der Waals surface area (Å²) in [4.78, 5) is 28.4. The molecule has 1 heterocycles. The maximum Gasteiger partial charge on any atom is 0.407 e. The molecule has 8 heteroatoms. The molecule has 0 unspecified atom stereocenters. The first kappa shape index (κ1) is 25.9. The van der Waals surface area contributed by atoms with Crippen LogP contribution in [0.15, 0.2) is 24.4 Å². The highest BCUT2D eigenvalue weighted by Crippen LogP contribution is 2.28. The molecule has 1 aromatic heterocycles. The number of methoxy groups -OCH3 is 1. The SMILES string of the molecule is CCCCCCCCCCNC(=O)O[C@H]1CC[C@@H](OC(=O)NCc2ccccn2)[C@H]1OC. The third-order valence-corrected chi connectivity index (χ3v) is 5.70. The van der Waals surface area contributed by atoms with Gasteiger partial charge in [-0.15, -0.1) is 0 Å². The van der Waals surface area contributed by atoms with Gasteiger partial charge < -0.3 is 24.8 Å². The normalized spacial score (nSPS) is 20.0. The summed E-state index contributed by atoms with van der Waals surface area (Å²) in [5.74, 6) is 0. The summed E-state index contributed by atoms with van der Waals surface area (Å²) in [7, 11) is 1.53. The van der Waals surface area contributed by atoms with Gasteiger partial charge in [-0.05, 0) is 31.4 Å². The molecule has 2 N–H and O–H groups in total. The molecule has 0 aromatic carbocycles. The first-order valence-electron chi connectivity index (χ1n) is 12.0. The Balaban J connectivity index is 1.60. The van der Waals surface area contributed by atoms with Crippen LogP contribution >= 0.6 is 0 Å². The fraction of sp³-hybridized carbons (Fsp3) is 0.708. The van der Waals surface area contributed by atoms with Crippen LogP contribution in [0.5, 0.6) is 0 Å². The predicted octanol–water partition coefficient (Wildman–Crippen LogP) is 4.72. The summed E-state index contributed by atoms with van der Waals surface area (Å²) in [5, 5.41) is 5.50. The molecule has 2 amide bonds. The molecule has 3 atom stereocenters. The van der Waals surface area contributed by atoms with Crippen molar-refractivity contribution in [3.63, 3.8) is 0 Å². The van der Waals surface area contributed by atoms with Crippen molar-refractivity contribution in [1.82, 2.24) is 15.6 Å². The van der Waals surface area contributed by atoms with Crippen LogP contribution in [0.4, 0.5) is 9.59 Å². The standard InChI is InChI=1S/C24H39N3O5/c1-3-4-5-6-7-8-9-11-17-26-23(28)31-20-14-15-21(22(20)30-2)32-24(29)27-18-19-13-10-12-16-25-19/h10,12-13,16,20-22H,3-9,11,14-15,17-18H2,1-2H3,(H,26,28)(H,27,29)/t20-,21+,22-/m0/s1. The number of carbonyl (C=O) groups is 2. The van der Waals surface area contributed by atoms with Crippen LogP contribution < -0.4 is 10.6 Å². The van der Waals surface area contributed by atoms with Gasteiger partial charge >= 0.3 is 12.2 Å². The molecular formula is C24H39N3O5. The summed E-state index contributed by atoms with van der Waals surface area (Å²) in [6.45, 7) is 3.11. The van der Waals surface area contributed by atoms with E-state index in [1.807, 2.05) is 18.2 Å². The van der Waals surface area contributed by atoms with Crippen molar-refractivity contribution in [1.29, 1.82) is 0 Å². The molecule has 0 aliphatic heterocycles. The number of carbonyl (C=O) groups excluding carboxylic acids is 2. The molecule has 0 radical (unpaired) electrons. The monoisotopic (exact) mass is 449 g/mol. The van der Waals surface area contributed by atoms with E-state index in [1.54, 1.807) is 6.20 Å². The van der Waals surface area contributed by atoms with Crippen molar-refractivity contribution < 1.29 is 23.8 Å². The number of aromatic nitrogens is 1. The van der Waals surface area contributed by atoms with Gasteiger partial charge in [-0.3, -0.25) is 4.98 Å². The van der Waals surface area contributed by atoms with Gasteiger partial charge in [0, 0.05) is 19.9 Å². The van der Waals surface area contributed by atoms with E-state index in [0.717, 1.165) is 18.5 Å². The number of unbranched alkanes of at least 4 members (excludes halogenated alkanes) is 7. The Morgan fingerprint density at radius 3 is 2.16 bits per heavy atom. The molecule has 0 bridgehead atoms. The number of ether oxygens (including phenoxy) is 3. The van der Waals surface area contributed by atoms with Crippen LogP contribution in [0, 0.1) is 0 Å². The van der Waals surface area contributed by atoms with Gasteiger partial charge in [0.15, 0.2) is 0 Å². The Hall–Kier alpha value is -2.35. The Labute approximate surface area is 191 Å². The molecule has 180 valence electrons. The number of hydrogen-bond donors (Lipinski definition) is 2. The van der Waals surface area contributed by atoms with E-state index in [1.165, 1.54) is 45.6 Å². The quantitative estimate of drug-likeness (QED) is 0.399. The van der Waals surface area contributed by atoms with Crippen molar-refractivity contribution in [3.05, 3.63) is 30.1 Å². The Morgan fingerprint density at radius 1 is 0.938 bits per heavy atom. The average molecular weight is 450 g/mol. The molecule has 1 saturated carbocycles. The van der Waals surface area contributed by atoms with E-state index in [9.17, 15) is 9.59 Å². The van der Waals surface area contributed by atoms with Crippen molar-refractivity contribution in [2.75, 3.05) is 13.7 Å². The van der Waals surface area contributed by atoms with Crippen molar-refractivity contribution >= 4 is 12.2 Å². The number of amides is 2. The van der Waals surface area contributed by atoms with Gasteiger partial charge in [0.1, 0.15) is 18.3 Å². The summed E-state index contributed by atoms with van der Waals surface area (Å²) in [6.07, 6.45) is 10.2. The summed E-state index contributed by atoms with van der Waals surface area (Å²) in [5.41, 5.74) is 0.744. The lowest BCUT2D eigenvalue weighted by atomic mass is 10.1. The molecule has 0 saturated heterocycles. The summed E-state index contributed by atoms with van der Waals surface area (Å²) in [6, 6.07) is 5.49. The van der Waals surface area contributed by atoms with Crippen LogP contribution in [0.1, 0.15) is 76.8 Å². The van der Waals surface area contributed by atoms with Gasteiger partial charge in [-0.25, -0.2) is 9.59 Å². The largest absolute Gasteiger partial charge is 0.443 e. The minimum atomic E-state index is -0.539. The fourth-order valence-electron chi connectivity index (χ4n) is 3.93. The van der Waals surface area contributed by atoms with Gasteiger partial charge in [0.25, 0.3) is 0 Å². The Kier molecular flexibility index (Phi) is 12.5. The summed E-state index contributed by atoms with van der Waals surface area (Å²) < 4.78 is 16.5. The zero-order chi connectivity index (χ0) is 23.0. The smallest absolute Gasteiger partial charge is 0.407 e. The first-order chi connectivity index (χ1) is 15.6. The molecule has 1 fully saturated rings. The van der Waals surface area contributed by atoms with Crippen LogP contribution in [0.25, 0.3) is 0 Å². The molecule has 1 aliphatic rings. The molecule has 8 nitrogen and oxygen atoms in total. The van der Waals surface area contributed by atoms with E-state index in [0.29, 0.717) is 19.4 Å². The molecule has 1 aromatic rings. The average Bonchev–Trinajstić information content (AvgIpc) is 3.17. The van der Waals surface area contributed by atoms with Crippen molar-refractivity contribution in [3.8, 4) is 0 Å². The second kappa shape index (κ2) is 15.5. The second-order valence-electron chi connectivity index (χ2n) is 8.24. The van der Waals surface area contributed by atoms with Gasteiger partial charge in [0.05, 0.1) is 12.2 Å². The third-order valence-electron chi connectivity index (χ3n) is 5.70. The second-order valence-corrected chi connectivity index (χ2v) is 8.24. The van der Waals surface area contributed by atoms with E-state index >= 15 is 0 Å². The van der Waals surface area contributed by atoms with Crippen LogP contribution in [-0.2, 0) is 20.8 Å². The van der Waals surface area contributed by atoms with Crippen molar-refractivity contribution in [2.45, 2.75) is 96.0 Å². The third kappa shape index (κ3) is 9.85. The number of nitrogens with zero attached hydrogens (tertiary/aromatic N) is 1. The van der Waals surface area contributed by atoms with Gasteiger partial charge in [0.2, 0.25) is 0 Å². The number of pyridine rings is 1. The highest BCUT2D eigenvalue weighted by Gasteiger charge is 2.41. The zero-order valence-electron chi connectivity index (χ0n) is 19.5. The van der Waals surface area contributed by atoms with Crippen LogP contribution in [0.3, 0.4) is 0 Å². The van der Waals surface area contributed by atoms with E-state index in [4.69, 9.17) is 14.2 Å². The molecule has 2 rings (SSSR count). The number of rotatable bonds is 14. The Bertz CT molecular complexity index is 658. The maximum absolute atomic E-state index is 12.1.